The van der Waals surface area contributed by atoms with E-state index in [1.807, 2.05) is 17.0 Å². The van der Waals surface area contributed by atoms with E-state index < -0.39 is 0 Å². The van der Waals surface area contributed by atoms with Gasteiger partial charge in [-0.15, -0.1) is 0 Å². The normalized spacial score (nSPS) is 20.1. The second kappa shape index (κ2) is 5.24. The zero-order valence-electron chi connectivity index (χ0n) is 11.4. The van der Waals surface area contributed by atoms with E-state index in [4.69, 9.17) is 5.73 Å². The van der Waals surface area contributed by atoms with Gasteiger partial charge in [-0.2, -0.15) is 0 Å². The molecule has 1 aliphatic heterocycles. The number of nitrogens with two attached hydrogens (primary N) is 1. The molecule has 0 aromatic heterocycles. The molecule has 102 valence electrons. The van der Waals surface area contributed by atoms with Gasteiger partial charge in [0.1, 0.15) is 0 Å². The van der Waals surface area contributed by atoms with Crippen LogP contribution in [-0.2, 0) is 17.9 Å². The van der Waals surface area contributed by atoms with E-state index in [0.29, 0.717) is 5.91 Å². The molecular formula is C16H22N2O. The first-order valence-electron chi connectivity index (χ1n) is 7.40. The Labute approximate surface area is 114 Å². The molecule has 19 heavy (non-hydrogen) atoms. The third kappa shape index (κ3) is 2.60. The predicted molar refractivity (Wildman–Crippen MR) is 76.3 cm³/mol. The van der Waals surface area contributed by atoms with Crippen LogP contribution in [0.1, 0.15) is 49.7 Å². The fraction of sp³-hybridized carbons (Fsp3) is 0.562. The van der Waals surface area contributed by atoms with E-state index in [1.165, 1.54) is 36.8 Å². The lowest BCUT2D eigenvalue weighted by atomic mass is 9.99. The smallest absolute Gasteiger partial charge is 0.226 e. The van der Waals surface area contributed by atoms with Crippen molar-refractivity contribution in [2.24, 2.45) is 5.92 Å². The number of anilines is 1. The van der Waals surface area contributed by atoms with Gasteiger partial charge in [0.25, 0.3) is 0 Å². The van der Waals surface area contributed by atoms with Crippen molar-refractivity contribution in [1.82, 2.24) is 4.90 Å². The molecule has 1 aromatic carbocycles. The summed E-state index contributed by atoms with van der Waals surface area (Å²) in [5.41, 5.74) is 9.09. The Morgan fingerprint density at radius 3 is 2.47 bits per heavy atom. The maximum absolute atomic E-state index is 12.6. The van der Waals surface area contributed by atoms with Crippen molar-refractivity contribution in [2.75, 3.05) is 5.73 Å². The Kier molecular flexibility index (Phi) is 3.45. The number of rotatable bonds is 1. The van der Waals surface area contributed by atoms with Crippen molar-refractivity contribution in [3.05, 3.63) is 29.3 Å². The zero-order valence-corrected chi connectivity index (χ0v) is 11.4. The summed E-state index contributed by atoms with van der Waals surface area (Å²) in [6, 6.07) is 6.00. The number of amides is 1. The molecule has 2 aliphatic rings. The van der Waals surface area contributed by atoms with Crippen LogP contribution in [0.5, 0.6) is 0 Å². The highest BCUT2D eigenvalue weighted by atomic mass is 16.2. The van der Waals surface area contributed by atoms with Crippen LogP contribution in [0.3, 0.4) is 0 Å². The number of fused-ring (bicyclic) bond motifs is 1. The summed E-state index contributed by atoms with van der Waals surface area (Å²) in [5.74, 6) is 0.617. The number of hydrogen-bond acceptors (Lipinski definition) is 2. The minimum absolute atomic E-state index is 0.258. The van der Waals surface area contributed by atoms with E-state index in [1.54, 1.807) is 0 Å². The largest absolute Gasteiger partial charge is 0.399 e. The van der Waals surface area contributed by atoms with E-state index in [-0.39, 0.29) is 5.92 Å². The number of carbonyl (C=O) groups excluding carboxylic acids is 1. The van der Waals surface area contributed by atoms with Crippen LogP contribution in [0.25, 0.3) is 0 Å². The van der Waals surface area contributed by atoms with Crippen molar-refractivity contribution >= 4 is 11.6 Å². The Morgan fingerprint density at radius 2 is 1.74 bits per heavy atom. The molecule has 0 saturated heterocycles. The average Bonchev–Trinajstić information content (AvgIpc) is 2.64. The second-order valence-corrected chi connectivity index (χ2v) is 5.91. The van der Waals surface area contributed by atoms with Gasteiger partial charge in [-0.1, -0.05) is 31.7 Å². The zero-order chi connectivity index (χ0) is 13.2. The van der Waals surface area contributed by atoms with Crippen LogP contribution in [0.4, 0.5) is 5.69 Å². The molecule has 1 fully saturated rings. The van der Waals surface area contributed by atoms with E-state index in [9.17, 15) is 4.79 Å². The van der Waals surface area contributed by atoms with Crippen LogP contribution >= 0.6 is 0 Å². The summed E-state index contributed by atoms with van der Waals surface area (Å²) in [6.45, 7) is 1.51. The average molecular weight is 258 g/mol. The molecule has 1 amide bonds. The van der Waals surface area contributed by atoms with Gasteiger partial charge < -0.3 is 10.6 Å². The minimum Gasteiger partial charge on any atom is -0.399 e. The Balaban J connectivity index is 1.69. The number of hydrogen-bond donors (Lipinski definition) is 1. The standard InChI is InChI=1S/C16H22N2O/c17-15-8-7-13-10-18(11-14(13)9-15)16(19)12-5-3-1-2-4-6-12/h7-9,12H,1-6,10-11,17H2. The van der Waals surface area contributed by atoms with Gasteiger partial charge in [-0.25, -0.2) is 0 Å². The predicted octanol–water partition coefficient (Wildman–Crippen LogP) is 3.08. The monoisotopic (exact) mass is 258 g/mol. The van der Waals surface area contributed by atoms with Crippen LogP contribution < -0.4 is 5.73 Å². The molecule has 1 saturated carbocycles. The molecule has 2 N–H and O–H groups in total. The van der Waals surface area contributed by atoms with Crippen LogP contribution in [0.2, 0.25) is 0 Å². The van der Waals surface area contributed by atoms with Gasteiger partial charge in [0.05, 0.1) is 0 Å². The number of nitrogens with zero attached hydrogens (tertiary/aromatic N) is 1. The highest BCUT2D eigenvalue weighted by Crippen LogP contribution is 2.30. The molecule has 3 nitrogen and oxygen atoms in total. The SMILES string of the molecule is Nc1ccc2c(c1)CN(C(=O)C1CCCCCC1)C2. The molecule has 0 atom stereocenters. The third-order valence-corrected chi connectivity index (χ3v) is 4.47. The van der Waals surface area contributed by atoms with Gasteiger partial charge >= 0.3 is 0 Å². The fourth-order valence-corrected chi connectivity index (χ4v) is 3.35. The molecule has 0 spiro atoms. The maximum atomic E-state index is 12.6. The quantitative estimate of drug-likeness (QED) is 0.621. The van der Waals surface area contributed by atoms with Crippen molar-refractivity contribution in [1.29, 1.82) is 0 Å². The number of benzene rings is 1. The summed E-state index contributed by atoms with van der Waals surface area (Å²) in [4.78, 5) is 14.6. The van der Waals surface area contributed by atoms with Crippen LogP contribution in [-0.4, -0.2) is 10.8 Å². The van der Waals surface area contributed by atoms with Gasteiger partial charge in [0.2, 0.25) is 5.91 Å². The first-order valence-corrected chi connectivity index (χ1v) is 7.40. The van der Waals surface area contributed by atoms with Crippen molar-refractivity contribution < 1.29 is 4.79 Å². The lowest BCUT2D eigenvalue weighted by molar-refractivity contribution is -0.136. The van der Waals surface area contributed by atoms with Gasteiger partial charge in [-0.3, -0.25) is 4.79 Å². The molecule has 0 radical (unpaired) electrons. The maximum Gasteiger partial charge on any atom is 0.226 e. The van der Waals surface area contributed by atoms with Gasteiger partial charge in [-0.05, 0) is 36.1 Å². The van der Waals surface area contributed by atoms with E-state index in [2.05, 4.69) is 6.07 Å². The molecule has 1 heterocycles. The minimum atomic E-state index is 0.258. The topological polar surface area (TPSA) is 46.3 Å². The molecule has 0 bridgehead atoms. The van der Waals surface area contributed by atoms with Crippen LogP contribution in [0, 0.1) is 5.92 Å². The highest BCUT2D eigenvalue weighted by Gasteiger charge is 2.29. The molecule has 3 heteroatoms. The van der Waals surface area contributed by atoms with Gasteiger partial charge in [0, 0.05) is 24.7 Å². The lowest BCUT2D eigenvalue weighted by Gasteiger charge is -2.22. The molecule has 1 aliphatic carbocycles. The third-order valence-electron chi connectivity index (χ3n) is 4.47. The van der Waals surface area contributed by atoms with E-state index >= 15 is 0 Å². The summed E-state index contributed by atoms with van der Waals surface area (Å²) < 4.78 is 0. The van der Waals surface area contributed by atoms with E-state index in [0.717, 1.165) is 31.6 Å². The summed E-state index contributed by atoms with van der Waals surface area (Å²) in [5, 5.41) is 0. The van der Waals surface area contributed by atoms with Crippen LogP contribution in [0.15, 0.2) is 18.2 Å². The van der Waals surface area contributed by atoms with Crippen molar-refractivity contribution in [3.8, 4) is 0 Å². The Hall–Kier alpha value is -1.51. The summed E-state index contributed by atoms with van der Waals surface area (Å²) >= 11 is 0. The summed E-state index contributed by atoms with van der Waals surface area (Å²) in [7, 11) is 0. The molecule has 0 unspecified atom stereocenters. The summed E-state index contributed by atoms with van der Waals surface area (Å²) in [6.07, 6.45) is 7.16. The molecule has 3 rings (SSSR count). The number of carbonyl (C=O) groups is 1. The first kappa shape index (κ1) is 12.5. The highest BCUT2D eigenvalue weighted by molar-refractivity contribution is 5.79. The molecule has 1 aromatic rings. The van der Waals surface area contributed by atoms with Crippen molar-refractivity contribution in [2.45, 2.75) is 51.6 Å². The van der Waals surface area contributed by atoms with Gasteiger partial charge in [0.15, 0.2) is 0 Å². The number of nitrogen functional groups attached to an aromatic ring is 1. The Morgan fingerprint density at radius 1 is 1.05 bits per heavy atom. The first-order chi connectivity index (χ1) is 9.24. The van der Waals surface area contributed by atoms with Crippen molar-refractivity contribution in [3.63, 3.8) is 0 Å². The fourth-order valence-electron chi connectivity index (χ4n) is 3.35. The molecular weight excluding hydrogens is 236 g/mol. The second-order valence-electron chi connectivity index (χ2n) is 5.91. The Bertz CT molecular complexity index is 476. The lowest BCUT2D eigenvalue weighted by Crippen LogP contribution is -2.31.